The molecule has 3 heterocycles. The van der Waals surface area contributed by atoms with Gasteiger partial charge >= 0.3 is 0 Å². The van der Waals surface area contributed by atoms with Crippen LogP contribution in [0.15, 0.2) is 12.3 Å². The molecular formula is C12H17N5S. The monoisotopic (exact) mass is 263 g/mol. The number of fused-ring (bicyclic) bond motifs is 1. The molecule has 5 nitrogen and oxygen atoms in total. The highest BCUT2D eigenvalue weighted by Crippen LogP contribution is 2.30. The van der Waals surface area contributed by atoms with Crippen molar-refractivity contribution in [1.82, 2.24) is 15.1 Å². The van der Waals surface area contributed by atoms with E-state index in [2.05, 4.69) is 20.4 Å². The maximum atomic E-state index is 5.71. The highest BCUT2D eigenvalue weighted by atomic mass is 32.1. The van der Waals surface area contributed by atoms with Gasteiger partial charge in [-0.2, -0.15) is 5.10 Å². The van der Waals surface area contributed by atoms with Crippen molar-refractivity contribution in [3.8, 4) is 0 Å². The molecule has 2 aliphatic heterocycles. The van der Waals surface area contributed by atoms with E-state index in [4.69, 9.17) is 18.0 Å². The van der Waals surface area contributed by atoms with Crippen LogP contribution in [0.5, 0.6) is 0 Å². The second-order valence-electron chi connectivity index (χ2n) is 4.94. The largest absolute Gasteiger partial charge is 0.389 e. The molecule has 0 aliphatic carbocycles. The predicted octanol–water partition coefficient (Wildman–Crippen LogP) is 0.759. The quantitative estimate of drug-likeness (QED) is 0.785. The Labute approximate surface area is 112 Å². The summed E-state index contributed by atoms with van der Waals surface area (Å²) in [5, 5.41) is 11.5. The van der Waals surface area contributed by atoms with Crippen LogP contribution in [-0.2, 0) is 0 Å². The van der Waals surface area contributed by atoms with Gasteiger partial charge in [-0.1, -0.05) is 12.2 Å². The van der Waals surface area contributed by atoms with E-state index in [-0.39, 0.29) is 0 Å². The number of hydrogen-bond acceptors (Lipinski definition) is 5. The average molecular weight is 263 g/mol. The first-order chi connectivity index (χ1) is 8.75. The molecule has 2 atom stereocenters. The Balaban J connectivity index is 1.78. The molecule has 0 radical (unpaired) electrons. The predicted molar refractivity (Wildman–Crippen MR) is 74.5 cm³/mol. The maximum Gasteiger partial charge on any atom is 0.159 e. The molecule has 3 rings (SSSR count). The summed E-state index contributed by atoms with van der Waals surface area (Å²) in [6.07, 6.45) is 5.33. The molecule has 3 N–H and O–H groups in total. The second-order valence-corrected chi connectivity index (χ2v) is 5.38. The number of rotatable bonds is 3. The van der Waals surface area contributed by atoms with Gasteiger partial charge in [0.25, 0.3) is 0 Å². The number of thiocarbonyl (C=S) groups is 1. The summed E-state index contributed by atoms with van der Waals surface area (Å²) in [6.45, 7) is 2.40. The Kier molecular flexibility index (Phi) is 3.13. The molecule has 2 fully saturated rings. The third-order valence-corrected chi connectivity index (χ3v) is 4.13. The van der Waals surface area contributed by atoms with Crippen molar-refractivity contribution < 1.29 is 0 Å². The first-order valence-corrected chi connectivity index (χ1v) is 6.78. The average Bonchev–Trinajstić information content (AvgIpc) is 2.94. The second kappa shape index (κ2) is 4.78. The standard InChI is InChI=1S/C12H17N5S/c13-11(18)8-3-5-14-16-12(8)15-9-4-7-17-6-1-2-10(9)17/h3,5,9-10H,1-2,4,6-7H2,(H2,13,18)(H,15,16). The van der Waals surface area contributed by atoms with Gasteiger partial charge in [-0.05, 0) is 31.9 Å². The van der Waals surface area contributed by atoms with Crippen molar-refractivity contribution >= 4 is 23.0 Å². The molecule has 0 spiro atoms. The summed E-state index contributed by atoms with van der Waals surface area (Å²) in [5.41, 5.74) is 6.50. The summed E-state index contributed by atoms with van der Waals surface area (Å²) >= 11 is 5.04. The molecule has 0 saturated carbocycles. The maximum absolute atomic E-state index is 5.71. The van der Waals surface area contributed by atoms with Crippen LogP contribution in [0.1, 0.15) is 24.8 Å². The van der Waals surface area contributed by atoms with Crippen molar-refractivity contribution in [1.29, 1.82) is 0 Å². The number of anilines is 1. The molecule has 96 valence electrons. The lowest BCUT2D eigenvalue weighted by Gasteiger charge is -2.22. The topological polar surface area (TPSA) is 67.1 Å². The van der Waals surface area contributed by atoms with Crippen molar-refractivity contribution in [3.63, 3.8) is 0 Å². The summed E-state index contributed by atoms with van der Waals surface area (Å²) in [5.74, 6) is 0.726. The highest BCUT2D eigenvalue weighted by Gasteiger charge is 2.37. The fourth-order valence-electron chi connectivity index (χ4n) is 3.06. The highest BCUT2D eigenvalue weighted by molar-refractivity contribution is 7.80. The van der Waals surface area contributed by atoms with E-state index in [9.17, 15) is 0 Å². The molecule has 6 heteroatoms. The molecule has 1 aromatic heterocycles. The van der Waals surface area contributed by atoms with Gasteiger partial charge in [-0.25, -0.2) is 0 Å². The molecule has 0 amide bonds. The molecule has 2 aliphatic rings. The fourth-order valence-corrected chi connectivity index (χ4v) is 3.23. The van der Waals surface area contributed by atoms with Crippen molar-refractivity contribution in [2.24, 2.45) is 5.73 Å². The Morgan fingerprint density at radius 3 is 3.17 bits per heavy atom. The Morgan fingerprint density at radius 1 is 1.44 bits per heavy atom. The molecular weight excluding hydrogens is 246 g/mol. The van der Waals surface area contributed by atoms with E-state index < -0.39 is 0 Å². The van der Waals surface area contributed by atoms with Crippen LogP contribution in [-0.4, -0.2) is 45.3 Å². The van der Waals surface area contributed by atoms with Gasteiger partial charge in [-0.3, -0.25) is 4.90 Å². The zero-order valence-corrected chi connectivity index (χ0v) is 11.0. The SMILES string of the molecule is NC(=S)c1ccnnc1NC1CCN2CCCC12. The summed E-state index contributed by atoms with van der Waals surface area (Å²) < 4.78 is 0. The first-order valence-electron chi connectivity index (χ1n) is 6.38. The van der Waals surface area contributed by atoms with E-state index in [0.29, 0.717) is 17.1 Å². The lowest BCUT2D eigenvalue weighted by molar-refractivity contribution is 0.318. The first kappa shape index (κ1) is 11.8. The summed E-state index contributed by atoms with van der Waals surface area (Å²) in [4.78, 5) is 2.92. The van der Waals surface area contributed by atoms with Crippen molar-refractivity contribution in [2.75, 3.05) is 18.4 Å². The smallest absolute Gasteiger partial charge is 0.159 e. The number of aromatic nitrogens is 2. The van der Waals surface area contributed by atoms with Gasteiger partial charge in [0.15, 0.2) is 5.82 Å². The number of nitrogens with one attached hydrogen (secondary N) is 1. The fraction of sp³-hybridized carbons (Fsp3) is 0.583. The number of nitrogens with two attached hydrogens (primary N) is 1. The Hall–Kier alpha value is -1.27. The van der Waals surface area contributed by atoms with E-state index in [1.165, 1.54) is 25.9 Å². The van der Waals surface area contributed by atoms with Crippen molar-refractivity contribution in [2.45, 2.75) is 31.3 Å². The van der Waals surface area contributed by atoms with Gasteiger partial charge in [0.2, 0.25) is 0 Å². The molecule has 1 aromatic rings. The minimum absolute atomic E-state index is 0.369. The van der Waals surface area contributed by atoms with Crippen LogP contribution >= 0.6 is 12.2 Å². The summed E-state index contributed by atoms with van der Waals surface area (Å²) in [7, 11) is 0. The van der Waals surface area contributed by atoms with Gasteiger partial charge in [0.1, 0.15) is 4.99 Å². The Morgan fingerprint density at radius 2 is 2.33 bits per heavy atom. The van der Waals surface area contributed by atoms with Gasteiger partial charge in [-0.15, -0.1) is 5.10 Å². The zero-order valence-electron chi connectivity index (χ0n) is 10.2. The minimum Gasteiger partial charge on any atom is -0.389 e. The van der Waals surface area contributed by atoms with Crippen LogP contribution in [0, 0.1) is 0 Å². The number of nitrogens with zero attached hydrogens (tertiary/aromatic N) is 3. The molecule has 0 aromatic carbocycles. The van der Waals surface area contributed by atoms with Gasteiger partial charge in [0.05, 0.1) is 11.8 Å². The van der Waals surface area contributed by atoms with E-state index >= 15 is 0 Å². The molecule has 2 unspecified atom stereocenters. The minimum atomic E-state index is 0.369. The van der Waals surface area contributed by atoms with Crippen LogP contribution < -0.4 is 11.1 Å². The molecule has 2 saturated heterocycles. The lowest BCUT2D eigenvalue weighted by Crippen LogP contribution is -2.34. The molecule has 18 heavy (non-hydrogen) atoms. The van der Waals surface area contributed by atoms with Crippen LogP contribution in [0.2, 0.25) is 0 Å². The lowest BCUT2D eigenvalue weighted by atomic mass is 10.1. The Bertz CT molecular complexity index is 464. The van der Waals surface area contributed by atoms with Crippen LogP contribution in [0.3, 0.4) is 0 Å². The normalized spacial score (nSPS) is 27.1. The van der Waals surface area contributed by atoms with Crippen LogP contribution in [0.4, 0.5) is 5.82 Å². The van der Waals surface area contributed by atoms with Crippen LogP contribution in [0.25, 0.3) is 0 Å². The van der Waals surface area contributed by atoms with E-state index in [0.717, 1.165) is 17.8 Å². The van der Waals surface area contributed by atoms with Gasteiger partial charge < -0.3 is 11.1 Å². The van der Waals surface area contributed by atoms with Crippen molar-refractivity contribution in [3.05, 3.63) is 17.8 Å². The molecule has 0 bridgehead atoms. The summed E-state index contributed by atoms with van der Waals surface area (Å²) in [6, 6.07) is 2.89. The van der Waals surface area contributed by atoms with E-state index in [1.54, 1.807) is 6.20 Å². The third-order valence-electron chi connectivity index (χ3n) is 3.91. The third kappa shape index (κ3) is 2.06. The number of hydrogen-bond donors (Lipinski definition) is 2. The van der Waals surface area contributed by atoms with Gasteiger partial charge in [0, 0.05) is 18.6 Å². The zero-order chi connectivity index (χ0) is 12.5. The van der Waals surface area contributed by atoms with E-state index in [1.807, 2.05) is 6.07 Å².